The van der Waals surface area contributed by atoms with E-state index in [1.807, 2.05) is 14.1 Å². The van der Waals surface area contributed by atoms with Gasteiger partial charge in [-0.25, -0.2) is 4.39 Å². The van der Waals surface area contributed by atoms with Crippen molar-refractivity contribution in [2.24, 2.45) is 0 Å². The normalized spacial score (nSPS) is 11.7. The Morgan fingerprint density at radius 3 is 2.68 bits per heavy atom. The van der Waals surface area contributed by atoms with Crippen LogP contribution in [0.2, 0.25) is 0 Å². The van der Waals surface area contributed by atoms with Gasteiger partial charge in [-0.2, -0.15) is 0 Å². The van der Waals surface area contributed by atoms with Crippen LogP contribution in [0.3, 0.4) is 0 Å². The molecule has 0 aliphatic heterocycles. The maximum atomic E-state index is 13.4. The van der Waals surface area contributed by atoms with Crippen LogP contribution < -0.4 is 5.32 Å². The van der Waals surface area contributed by atoms with Gasteiger partial charge in [-0.15, -0.1) is 0 Å². The second-order valence-corrected chi connectivity index (χ2v) is 4.76. The Morgan fingerprint density at radius 2 is 2.05 bits per heavy atom. The van der Waals surface area contributed by atoms with Crippen molar-refractivity contribution in [3.63, 3.8) is 0 Å². The van der Waals surface area contributed by atoms with Crippen LogP contribution in [-0.2, 0) is 4.79 Å². The highest BCUT2D eigenvalue weighted by Crippen LogP contribution is 2.11. The van der Waals surface area contributed by atoms with Gasteiger partial charge in [-0.05, 0) is 46.1 Å². The first-order valence-electron chi connectivity index (χ1n) is 6.36. The van der Waals surface area contributed by atoms with E-state index < -0.39 is 0 Å². The van der Waals surface area contributed by atoms with Crippen molar-refractivity contribution in [1.29, 1.82) is 0 Å². The molecule has 0 saturated heterocycles. The van der Waals surface area contributed by atoms with Crippen molar-refractivity contribution in [3.05, 3.63) is 41.2 Å². The van der Waals surface area contributed by atoms with Crippen molar-refractivity contribution >= 4 is 12.0 Å². The average molecular weight is 264 g/mol. The molecule has 1 amide bonds. The molecule has 0 bridgehead atoms. The van der Waals surface area contributed by atoms with E-state index in [9.17, 15) is 9.18 Å². The van der Waals surface area contributed by atoms with Crippen LogP contribution in [0.5, 0.6) is 0 Å². The fraction of sp³-hybridized carbons (Fsp3) is 0.400. The van der Waals surface area contributed by atoms with E-state index in [0.717, 1.165) is 13.0 Å². The maximum Gasteiger partial charge on any atom is 0.246 e. The number of hydrogen-bond acceptors (Lipinski definition) is 2. The molecule has 0 aliphatic rings. The van der Waals surface area contributed by atoms with E-state index in [4.69, 9.17) is 0 Å². The lowest BCUT2D eigenvalue weighted by atomic mass is 10.1. The predicted octanol–water partition coefficient (Wildman–Crippen LogP) is 2.30. The Balaban J connectivity index is 2.50. The Labute approximate surface area is 114 Å². The Kier molecular flexibility index (Phi) is 6.22. The van der Waals surface area contributed by atoms with Gasteiger partial charge in [0.2, 0.25) is 5.91 Å². The summed E-state index contributed by atoms with van der Waals surface area (Å²) >= 11 is 0. The van der Waals surface area contributed by atoms with Gasteiger partial charge in [-0.1, -0.05) is 18.2 Å². The molecule has 0 fully saturated rings. The molecule has 0 heterocycles. The zero-order valence-corrected chi connectivity index (χ0v) is 11.7. The lowest BCUT2D eigenvalue weighted by Gasteiger charge is -2.10. The Morgan fingerprint density at radius 1 is 1.37 bits per heavy atom. The van der Waals surface area contributed by atoms with Crippen molar-refractivity contribution in [2.45, 2.75) is 13.3 Å². The van der Waals surface area contributed by atoms with Gasteiger partial charge in [0.05, 0.1) is 0 Å². The number of nitrogens with zero attached hydrogens (tertiary/aromatic N) is 1. The van der Waals surface area contributed by atoms with E-state index in [-0.39, 0.29) is 11.7 Å². The third-order valence-corrected chi connectivity index (χ3v) is 2.70. The SMILES string of the molecule is C/C(=C\c1ccccc1F)C(=O)NCCCN(C)C. The number of benzene rings is 1. The molecular weight excluding hydrogens is 243 g/mol. The quantitative estimate of drug-likeness (QED) is 0.631. The van der Waals surface area contributed by atoms with Gasteiger partial charge in [0.25, 0.3) is 0 Å². The number of carbonyl (C=O) groups excluding carboxylic acids is 1. The van der Waals surface area contributed by atoms with Gasteiger partial charge in [0.15, 0.2) is 0 Å². The minimum atomic E-state index is -0.317. The van der Waals surface area contributed by atoms with Crippen molar-refractivity contribution < 1.29 is 9.18 Å². The zero-order valence-electron chi connectivity index (χ0n) is 11.7. The van der Waals surface area contributed by atoms with Crippen LogP contribution in [0.1, 0.15) is 18.9 Å². The van der Waals surface area contributed by atoms with Crippen LogP contribution in [-0.4, -0.2) is 38.0 Å². The first-order valence-corrected chi connectivity index (χ1v) is 6.36. The average Bonchev–Trinajstić information content (AvgIpc) is 2.36. The molecule has 104 valence electrons. The van der Waals surface area contributed by atoms with Gasteiger partial charge in [0.1, 0.15) is 5.82 Å². The summed E-state index contributed by atoms with van der Waals surface area (Å²) in [4.78, 5) is 13.9. The van der Waals surface area contributed by atoms with Gasteiger partial charge in [-0.3, -0.25) is 4.79 Å². The van der Waals surface area contributed by atoms with Gasteiger partial charge >= 0.3 is 0 Å². The number of amides is 1. The largest absolute Gasteiger partial charge is 0.352 e. The molecule has 1 aromatic carbocycles. The maximum absolute atomic E-state index is 13.4. The minimum Gasteiger partial charge on any atom is -0.352 e. The van der Waals surface area contributed by atoms with Gasteiger partial charge < -0.3 is 10.2 Å². The second-order valence-electron chi connectivity index (χ2n) is 4.76. The van der Waals surface area contributed by atoms with Crippen molar-refractivity contribution in [3.8, 4) is 0 Å². The molecule has 3 nitrogen and oxygen atoms in total. The van der Waals surface area contributed by atoms with Crippen LogP contribution >= 0.6 is 0 Å². The number of rotatable bonds is 6. The number of halogens is 1. The van der Waals surface area contributed by atoms with Crippen molar-refractivity contribution in [2.75, 3.05) is 27.2 Å². The molecule has 19 heavy (non-hydrogen) atoms. The highest BCUT2D eigenvalue weighted by Gasteiger charge is 2.05. The fourth-order valence-electron chi connectivity index (χ4n) is 1.63. The lowest BCUT2D eigenvalue weighted by Crippen LogP contribution is -2.27. The first kappa shape index (κ1) is 15.4. The topological polar surface area (TPSA) is 32.3 Å². The van der Waals surface area contributed by atoms with E-state index in [1.165, 1.54) is 6.07 Å². The standard InChI is InChI=1S/C15H21FN2O/c1-12(11-13-7-4-5-8-14(13)16)15(19)17-9-6-10-18(2)3/h4-5,7-8,11H,6,9-10H2,1-3H3,(H,17,19)/b12-11+. The zero-order chi connectivity index (χ0) is 14.3. The summed E-state index contributed by atoms with van der Waals surface area (Å²) < 4.78 is 13.4. The molecule has 4 heteroatoms. The molecule has 0 aromatic heterocycles. The minimum absolute atomic E-state index is 0.151. The van der Waals surface area contributed by atoms with E-state index >= 15 is 0 Å². The highest BCUT2D eigenvalue weighted by atomic mass is 19.1. The summed E-state index contributed by atoms with van der Waals surface area (Å²) in [6, 6.07) is 6.41. The smallest absolute Gasteiger partial charge is 0.246 e. The van der Waals surface area contributed by atoms with Crippen molar-refractivity contribution in [1.82, 2.24) is 10.2 Å². The van der Waals surface area contributed by atoms with Crippen LogP contribution in [0.25, 0.3) is 6.08 Å². The fourth-order valence-corrected chi connectivity index (χ4v) is 1.63. The Bertz CT molecular complexity index is 455. The molecule has 0 radical (unpaired) electrons. The highest BCUT2D eigenvalue weighted by molar-refractivity contribution is 5.97. The van der Waals surface area contributed by atoms with E-state index in [2.05, 4.69) is 10.2 Å². The van der Waals surface area contributed by atoms with E-state index in [1.54, 1.807) is 31.2 Å². The Hall–Kier alpha value is -1.68. The summed E-state index contributed by atoms with van der Waals surface area (Å²) in [7, 11) is 3.98. The predicted molar refractivity (Wildman–Crippen MR) is 76.2 cm³/mol. The summed E-state index contributed by atoms with van der Waals surface area (Å²) in [6.45, 7) is 3.24. The third-order valence-electron chi connectivity index (χ3n) is 2.70. The molecule has 1 aromatic rings. The number of nitrogens with one attached hydrogen (secondary N) is 1. The lowest BCUT2D eigenvalue weighted by molar-refractivity contribution is -0.117. The summed E-state index contributed by atoms with van der Waals surface area (Å²) in [5.74, 6) is -0.468. The molecule has 1 N–H and O–H groups in total. The molecule has 0 aliphatic carbocycles. The van der Waals surface area contributed by atoms with Gasteiger partial charge in [0, 0.05) is 17.7 Å². The molecule has 0 spiro atoms. The summed E-state index contributed by atoms with van der Waals surface area (Å²) in [5.41, 5.74) is 0.943. The molecular formula is C15H21FN2O. The monoisotopic (exact) mass is 264 g/mol. The van der Waals surface area contributed by atoms with Crippen LogP contribution in [0.4, 0.5) is 4.39 Å². The molecule has 0 unspecified atom stereocenters. The molecule has 0 atom stereocenters. The van der Waals surface area contributed by atoms with E-state index in [0.29, 0.717) is 17.7 Å². The van der Waals surface area contributed by atoms with Crippen LogP contribution in [0.15, 0.2) is 29.8 Å². The third kappa shape index (κ3) is 5.66. The molecule has 1 rings (SSSR count). The van der Waals surface area contributed by atoms with Crippen LogP contribution in [0, 0.1) is 5.82 Å². The summed E-state index contributed by atoms with van der Waals surface area (Å²) in [5, 5.41) is 2.82. The first-order chi connectivity index (χ1) is 9.00. The second kappa shape index (κ2) is 7.69. The number of carbonyl (C=O) groups is 1. The molecule has 0 saturated carbocycles. The summed E-state index contributed by atoms with van der Waals surface area (Å²) in [6.07, 6.45) is 2.46. The number of hydrogen-bond donors (Lipinski definition) is 1.